The zero-order valence-electron chi connectivity index (χ0n) is 16.0. The molecule has 0 aromatic heterocycles. The molecule has 6 rings (SSSR count). The van der Waals surface area contributed by atoms with Gasteiger partial charge in [0.2, 0.25) is 0 Å². The van der Waals surface area contributed by atoms with Gasteiger partial charge in [-0.2, -0.15) is 0 Å². The summed E-state index contributed by atoms with van der Waals surface area (Å²) in [5, 5.41) is 11.1. The predicted molar refractivity (Wildman–Crippen MR) is 104 cm³/mol. The van der Waals surface area contributed by atoms with Crippen LogP contribution in [0.25, 0.3) is 0 Å². The molecule has 0 N–H and O–H groups in total. The van der Waals surface area contributed by atoms with Gasteiger partial charge in [0.25, 0.3) is 0 Å². The molecular weight excluding hydrogens is 342 g/mol. The van der Waals surface area contributed by atoms with Gasteiger partial charge in [-0.15, -0.1) is 0 Å². The Hall–Kier alpha value is -1.82. The van der Waals surface area contributed by atoms with Crippen LogP contribution in [0.3, 0.4) is 0 Å². The van der Waals surface area contributed by atoms with Crippen molar-refractivity contribution in [1.29, 1.82) is 0 Å². The van der Waals surface area contributed by atoms with E-state index >= 15 is 0 Å². The van der Waals surface area contributed by atoms with E-state index in [9.17, 15) is 10.1 Å². The summed E-state index contributed by atoms with van der Waals surface area (Å²) in [5.74, 6) is 4.27. The van der Waals surface area contributed by atoms with Gasteiger partial charge in [-0.25, -0.2) is 0 Å². The molecule has 5 fully saturated rings. The summed E-state index contributed by atoms with van der Waals surface area (Å²) in [4.78, 5) is 15.8. The maximum atomic E-state index is 11.1. The molecule has 4 saturated carbocycles. The Kier molecular flexibility index (Phi) is 4.26. The third-order valence-electron chi connectivity index (χ3n) is 7.64. The van der Waals surface area contributed by atoms with Crippen LogP contribution in [0.4, 0.5) is 11.4 Å². The minimum atomic E-state index is -0.382. The molecule has 6 heteroatoms. The van der Waals surface area contributed by atoms with E-state index in [0.29, 0.717) is 5.75 Å². The second-order valence-electron chi connectivity index (χ2n) is 9.06. The molecule has 0 spiro atoms. The molecule has 146 valence electrons. The highest BCUT2D eigenvalue weighted by Gasteiger charge is 2.50. The number of hydrogen-bond donors (Lipinski definition) is 0. The topological polar surface area (TPSA) is 58.8 Å². The number of piperazine rings is 1. The summed E-state index contributed by atoms with van der Waals surface area (Å²) in [6.07, 6.45) is 7.39. The number of hydrogen-bond acceptors (Lipinski definition) is 5. The molecule has 0 unspecified atom stereocenters. The van der Waals surface area contributed by atoms with E-state index in [1.807, 2.05) is 12.1 Å². The lowest BCUT2D eigenvalue weighted by atomic mass is 9.54. The van der Waals surface area contributed by atoms with Gasteiger partial charge in [-0.05, 0) is 61.8 Å². The maximum Gasteiger partial charge on any atom is 0.311 e. The average molecular weight is 371 g/mol. The van der Waals surface area contributed by atoms with Crippen molar-refractivity contribution in [2.75, 3.05) is 38.2 Å². The highest BCUT2D eigenvalue weighted by Crippen LogP contribution is 2.55. The molecule has 0 atom stereocenters. The lowest BCUT2D eigenvalue weighted by molar-refractivity contribution is -0.385. The Balaban J connectivity index is 1.26. The van der Waals surface area contributed by atoms with Gasteiger partial charge in [0.15, 0.2) is 5.75 Å². The standard InChI is InChI=1S/C21H29N3O3/c1-27-20-13-18(2-3-19(20)24(25)26)22-4-6-23(7-5-22)21-16-9-14-8-15(11-16)12-17(21)10-14/h2-3,13-17,21H,4-12H2,1H3. The zero-order valence-corrected chi connectivity index (χ0v) is 16.0. The second-order valence-corrected chi connectivity index (χ2v) is 9.06. The van der Waals surface area contributed by atoms with Gasteiger partial charge in [-0.1, -0.05) is 0 Å². The van der Waals surface area contributed by atoms with Crippen LogP contribution in [0.1, 0.15) is 32.1 Å². The fourth-order valence-electron chi connectivity index (χ4n) is 6.78. The smallest absolute Gasteiger partial charge is 0.311 e. The summed E-state index contributed by atoms with van der Waals surface area (Å²) in [7, 11) is 1.50. The summed E-state index contributed by atoms with van der Waals surface area (Å²) in [5.41, 5.74) is 1.07. The summed E-state index contributed by atoms with van der Waals surface area (Å²) < 4.78 is 5.24. The first kappa shape index (κ1) is 17.3. The molecule has 1 aromatic rings. The number of methoxy groups -OCH3 is 1. The number of nitro benzene ring substituents is 1. The Labute approximate surface area is 160 Å². The Morgan fingerprint density at radius 2 is 1.63 bits per heavy atom. The number of ether oxygens (including phenoxy) is 1. The quantitative estimate of drug-likeness (QED) is 0.598. The fourth-order valence-corrected chi connectivity index (χ4v) is 6.78. The van der Waals surface area contributed by atoms with E-state index in [4.69, 9.17) is 4.74 Å². The van der Waals surface area contributed by atoms with Crippen LogP contribution in [0, 0.1) is 33.8 Å². The summed E-state index contributed by atoms with van der Waals surface area (Å²) in [6, 6.07) is 6.06. The van der Waals surface area contributed by atoms with E-state index in [1.54, 1.807) is 6.07 Å². The molecule has 4 aliphatic carbocycles. The molecule has 4 bridgehead atoms. The van der Waals surface area contributed by atoms with Crippen molar-refractivity contribution in [3.8, 4) is 5.75 Å². The largest absolute Gasteiger partial charge is 0.490 e. The first-order valence-electron chi connectivity index (χ1n) is 10.4. The number of nitro groups is 1. The molecule has 1 aliphatic heterocycles. The first-order valence-corrected chi connectivity index (χ1v) is 10.4. The van der Waals surface area contributed by atoms with Crippen LogP contribution >= 0.6 is 0 Å². The fraction of sp³-hybridized carbons (Fsp3) is 0.714. The number of nitrogens with zero attached hydrogens (tertiary/aromatic N) is 3. The number of anilines is 1. The molecule has 1 saturated heterocycles. The highest BCUT2D eigenvalue weighted by molar-refractivity contribution is 5.59. The molecule has 6 nitrogen and oxygen atoms in total. The molecule has 27 heavy (non-hydrogen) atoms. The monoisotopic (exact) mass is 371 g/mol. The Morgan fingerprint density at radius 3 is 2.19 bits per heavy atom. The zero-order chi connectivity index (χ0) is 18.5. The lowest BCUT2D eigenvalue weighted by Crippen LogP contribution is -2.60. The number of rotatable bonds is 4. The predicted octanol–water partition coefficient (Wildman–Crippen LogP) is 3.55. The molecule has 1 aromatic carbocycles. The molecule has 5 aliphatic rings. The summed E-state index contributed by atoms with van der Waals surface area (Å²) in [6.45, 7) is 4.19. The number of benzene rings is 1. The van der Waals surface area contributed by atoms with Crippen LogP contribution in [0.2, 0.25) is 0 Å². The third kappa shape index (κ3) is 2.98. The Bertz CT molecular complexity index is 701. The van der Waals surface area contributed by atoms with E-state index in [2.05, 4.69) is 9.80 Å². The van der Waals surface area contributed by atoms with Gasteiger partial charge in [0.1, 0.15) is 0 Å². The van der Waals surface area contributed by atoms with Crippen molar-refractivity contribution >= 4 is 11.4 Å². The third-order valence-corrected chi connectivity index (χ3v) is 7.64. The molecule has 0 amide bonds. The van der Waals surface area contributed by atoms with Crippen molar-refractivity contribution in [3.63, 3.8) is 0 Å². The normalized spacial score (nSPS) is 35.4. The van der Waals surface area contributed by atoms with Gasteiger partial charge in [0, 0.05) is 50.0 Å². The van der Waals surface area contributed by atoms with Crippen molar-refractivity contribution in [3.05, 3.63) is 28.3 Å². The van der Waals surface area contributed by atoms with Crippen LogP contribution in [-0.4, -0.2) is 49.2 Å². The van der Waals surface area contributed by atoms with Crippen LogP contribution < -0.4 is 9.64 Å². The SMILES string of the molecule is COc1cc(N2CCN(C3C4CC5CC(C4)CC3C5)CC2)ccc1[N+](=O)[O-]. The minimum Gasteiger partial charge on any atom is -0.490 e. The van der Waals surface area contributed by atoms with E-state index in [1.165, 1.54) is 39.2 Å². The average Bonchev–Trinajstić information content (AvgIpc) is 2.67. The molecule has 0 radical (unpaired) electrons. The Morgan fingerprint density at radius 1 is 1.00 bits per heavy atom. The molecule has 1 heterocycles. The van der Waals surface area contributed by atoms with Crippen molar-refractivity contribution < 1.29 is 9.66 Å². The van der Waals surface area contributed by atoms with Gasteiger partial charge >= 0.3 is 5.69 Å². The van der Waals surface area contributed by atoms with Gasteiger partial charge < -0.3 is 9.64 Å². The minimum absolute atomic E-state index is 0.0356. The maximum absolute atomic E-state index is 11.1. The lowest BCUT2D eigenvalue weighted by Gasteiger charge is -2.58. The van der Waals surface area contributed by atoms with Crippen molar-refractivity contribution in [2.24, 2.45) is 23.7 Å². The van der Waals surface area contributed by atoms with E-state index in [0.717, 1.165) is 61.6 Å². The summed E-state index contributed by atoms with van der Waals surface area (Å²) >= 11 is 0. The highest BCUT2D eigenvalue weighted by atomic mass is 16.6. The second kappa shape index (κ2) is 6.66. The van der Waals surface area contributed by atoms with Crippen LogP contribution in [0.5, 0.6) is 5.75 Å². The van der Waals surface area contributed by atoms with Gasteiger partial charge in [0.05, 0.1) is 12.0 Å². The van der Waals surface area contributed by atoms with E-state index < -0.39 is 0 Å². The van der Waals surface area contributed by atoms with Crippen LogP contribution in [-0.2, 0) is 0 Å². The van der Waals surface area contributed by atoms with Crippen LogP contribution in [0.15, 0.2) is 18.2 Å². The van der Waals surface area contributed by atoms with Crippen molar-refractivity contribution in [1.82, 2.24) is 4.90 Å². The molecular formula is C21H29N3O3. The van der Waals surface area contributed by atoms with E-state index in [-0.39, 0.29) is 10.6 Å². The first-order chi connectivity index (χ1) is 13.1. The van der Waals surface area contributed by atoms with Crippen molar-refractivity contribution in [2.45, 2.75) is 38.1 Å². The van der Waals surface area contributed by atoms with Gasteiger partial charge in [-0.3, -0.25) is 15.0 Å².